The van der Waals surface area contributed by atoms with Crippen molar-refractivity contribution in [2.45, 2.75) is 25.4 Å². The number of amides is 1. The Kier molecular flexibility index (Phi) is 5.66. The fourth-order valence-electron chi connectivity index (χ4n) is 2.28. The summed E-state index contributed by atoms with van der Waals surface area (Å²) < 4.78 is 0. The van der Waals surface area contributed by atoms with Gasteiger partial charge in [-0.3, -0.25) is 9.69 Å². The van der Waals surface area contributed by atoms with Crippen LogP contribution in [0.4, 0.5) is 11.4 Å². The van der Waals surface area contributed by atoms with Crippen LogP contribution in [-0.4, -0.2) is 41.4 Å². The Morgan fingerprint density at radius 3 is 2.62 bits per heavy atom. The molecular weight excluding hydrogens is 329 g/mol. The minimum absolute atomic E-state index is 0.122. The molecule has 116 valence electrons. The Labute approximate surface area is 139 Å². The van der Waals surface area contributed by atoms with Gasteiger partial charge in [-0.25, -0.2) is 0 Å². The van der Waals surface area contributed by atoms with Gasteiger partial charge >= 0.3 is 0 Å². The fourth-order valence-corrected chi connectivity index (χ4v) is 4.16. The summed E-state index contributed by atoms with van der Waals surface area (Å²) in [4.78, 5) is 14.5. The first-order valence-electron chi connectivity index (χ1n) is 6.75. The highest BCUT2D eigenvalue weighted by Crippen LogP contribution is 2.33. The molecular formula is C14H19Cl2N3OS. The van der Waals surface area contributed by atoms with Gasteiger partial charge in [0.2, 0.25) is 5.91 Å². The van der Waals surface area contributed by atoms with Gasteiger partial charge < -0.3 is 11.1 Å². The van der Waals surface area contributed by atoms with Crippen LogP contribution in [0.5, 0.6) is 0 Å². The molecule has 0 spiro atoms. The molecule has 2 atom stereocenters. The number of hydrogen-bond acceptors (Lipinski definition) is 4. The number of nitrogen functional groups attached to an aromatic ring is 1. The molecule has 2 unspecified atom stereocenters. The number of carbonyl (C=O) groups excluding carboxylic acids is 1. The average Bonchev–Trinajstić information content (AvgIpc) is 2.94. The smallest absolute Gasteiger partial charge is 0.241 e. The second-order valence-corrected chi connectivity index (χ2v) is 7.17. The number of nitrogens with two attached hydrogens (primary N) is 1. The van der Waals surface area contributed by atoms with Gasteiger partial charge in [0.05, 0.1) is 21.8 Å². The first-order valence-corrected chi connectivity index (χ1v) is 8.66. The topological polar surface area (TPSA) is 58.4 Å². The zero-order valence-electron chi connectivity index (χ0n) is 12.0. The molecule has 1 aromatic carbocycles. The van der Waals surface area contributed by atoms with Gasteiger partial charge in [0.25, 0.3) is 0 Å². The van der Waals surface area contributed by atoms with Gasteiger partial charge in [0, 0.05) is 17.5 Å². The molecule has 7 heteroatoms. The monoisotopic (exact) mass is 347 g/mol. The zero-order valence-corrected chi connectivity index (χ0v) is 14.4. The van der Waals surface area contributed by atoms with Crippen molar-refractivity contribution in [3.8, 4) is 0 Å². The van der Waals surface area contributed by atoms with Crippen LogP contribution >= 0.6 is 35.0 Å². The molecule has 0 radical (unpaired) electrons. The summed E-state index contributed by atoms with van der Waals surface area (Å²) in [5, 5.41) is 3.50. The van der Waals surface area contributed by atoms with Crippen molar-refractivity contribution in [2.24, 2.45) is 0 Å². The lowest BCUT2D eigenvalue weighted by Crippen LogP contribution is -2.45. The molecule has 1 aliphatic heterocycles. The van der Waals surface area contributed by atoms with E-state index in [0.29, 0.717) is 27.5 Å². The minimum atomic E-state index is -0.251. The predicted octanol–water partition coefficient (Wildman–Crippen LogP) is 3.34. The van der Waals surface area contributed by atoms with Crippen LogP contribution in [0, 0.1) is 0 Å². The van der Waals surface area contributed by atoms with E-state index in [0.717, 1.165) is 17.9 Å². The Bertz CT molecular complexity index is 512. The molecule has 0 bridgehead atoms. The molecule has 2 rings (SSSR count). The molecule has 1 amide bonds. The van der Waals surface area contributed by atoms with E-state index in [1.807, 2.05) is 25.7 Å². The normalized spacial score (nSPS) is 19.8. The Morgan fingerprint density at radius 1 is 1.48 bits per heavy atom. The summed E-state index contributed by atoms with van der Waals surface area (Å²) in [6.07, 6.45) is 1.11. The second kappa shape index (κ2) is 7.09. The number of halogens is 2. The summed E-state index contributed by atoms with van der Waals surface area (Å²) in [7, 11) is 1.98. The standard InChI is InChI=1S/C14H19Cl2N3OS/c1-8(19(2)10-3-4-21-7-10)14(20)18-13-11(15)5-9(17)6-12(13)16/h5-6,8,10H,3-4,7,17H2,1-2H3,(H,18,20). The molecule has 0 aliphatic carbocycles. The number of hydrogen-bond donors (Lipinski definition) is 2. The molecule has 3 N–H and O–H groups in total. The summed E-state index contributed by atoms with van der Waals surface area (Å²) in [5.41, 5.74) is 6.54. The number of carbonyl (C=O) groups is 1. The average molecular weight is 348 g/mol. The fraction of sp³-hybridized carbons (Fsp3) is 0.500. The number of rotatable bonds is 4. The van der Waals surface area contributed by atoms with Gasteiger partial charge in [0.1, 0.15) is 0 Å². The van der Waals surface area contributed by atoms with E-state index in [-0.39, 0.29) is 11.9 Å². The summed E-state index contributed by atoms with van der Waals surface area (Å²) >= 11 is 14.1. The number of benzene rings is 1. The maximum Gasteiger partial charge on any atom is 0.241 e. The Morgan fingerprint density at radius 2 is 2.10 bits per heavy atom. The molecule has 1 aromatic rings. The highest BCUT2D eigenvalue weighted by Gasteiger charge is 2.28. The highest BCUT2D eigenvalue weighted by atomic mass is 35.5. The van der Waals surface area contributed by atoms with Crippen molar-refractivity contribution < 1.29 is 4.79 Å². The van der Waals surface area contributed by atoms with E-state index in [2.05, 4.69) is 10.2 Å². The second-order valence-electron chi connectivity index (χ2n) is 5.21. The van der Waals surface area contributed by atoms with E-state index < -0.39 is 0 Å². The molecule has 1 aliphatic rings. The number of thioether (sulfide) groups is 1. The van der Waals surface area contributed by atoms with Crippen molar-refractivity contribution in [2.75, 3.05) is 29.6 Å². The van der Waals surface area contributed by atoms with E-state index in [1.54, 1.807) is 12.1 Å². The van der Waals surface area contributed by atoms with Crippen LogP contribution in [0.25, 0.3) is 0 Å². The number of anilines is 2. The molecule has 0 aromatic heterocycles. The molecule has 1 fully saturated rings. The largest absolute Gasteiger partial charge is 0.399 e. The first kappa shape index (κ1) is 16.7. The maximum atomic E-state index is 12.4. The van der Waals surface area contributed by atoms with Crippen LogP contribution in [0.2, 0.25) is 10.0 Å². The van der Waals surface area contributed by atoms with Gasteiger partial charge in [-0.1, -0.05) is 23.2 Å². The quantitative estimate of drug-likeness (QED) is 0.820. The number of nitrogens with zero attached hydrogens (tertiary/aromatic N) is 1. The molecule has 0 saturated carbocycles. The number of likely N-dealkylation sites (N-methyl/N-ethyl adjacent to an activating group) is 1. The van der Waals surface area contributed by atoms with Gasteiger partial charge in [0.15, 0.2) is 0 Å². The minimum Gasteiger partial charge on any atom is -0.399 e. The van der Waals surface area contributed by atoms with Gasteiger partial charge in [-0.05, 0) is 38.3 Å². The Balaban J connectivity index is 2.07. The predicted molar refractivity (Wildman–Crippen MR) is 92.5 cm³/mol. The first-order chi connectivity index (χ1) is 9.90. The van der Waals surface area contributed by atoms with Crippen LogP contribution < -0.4 is 11.1 Å². The summed E-state index contributed by atoms with van der Waals surface area (Å²) in [5.74, 6) is 2.10. The molecule has 1 heterocycles. The van der Waals surface area contributed by atoms with Crippen LogP contribution in [0.1, 0.15) is 13.3 Å². The van der Waals surface area contributed by atoms with Crippen molar-refractivity contribution >= 4 is 52.2 Å². The zero-order chi connectivity index (χ0) is 15.6. The van der Waals surface area contributed by atoms with Crippen LogP contribution in [0.15, 0.2) is 12.1 Å². The van der Waals surface area contributed by atoms with Gasteiger partial charge in [-0.2, -0.15) is 11.8 Å². The molecule has 1 saturated heterocycles. The van der Waals surface area contributed by atoms with Gasteiger partial charge in [-0.15, -0.1) is 0 Å². The van der Waals surface area contributed by atoms with Crippen LogP contribution in [0.3, 0.4) is 0 Å². The SMILES string of the molecule is CC(C(=O)Nc1c(Cl)cc(N)cc1Cl)N(C)C1CCSC1. The maximum absolute atomic E-state index is 12.4. The summed E-state index contributed by atoms with van der Waals surface area (Å²) in [6.45, 7) is 1.89. The third-order valence-electron chi connectivity index (χ3n) is 3.78. The molecule has 21 heavy (non-hydrogen) atoms. The van der Waals surface area contributed by atoms with Crippen molar-refractivity contribution in [3.05, 3.63) is 22.2 Å². The molecule has 4 nitrogen and oxygen atoms in total. The van der Waals surface area contributed by atoms with E-state index >= 15 is 0 Å². The Hall–Kier alpha value is -0.620. The van der Waals surface area contributed by atoms with E-state index in [4.69, 9.17) is 28.9 Å². The third-order valence-corrected chi connectivity index (χ3v) is 5.53. The van der Waals surface area contributed by atoms with Crippen molar-refractivity contribution in [1.29, 1.82) is 0 Å². The highest BCUT2D eigenvalue weighted by molar-refractivity contribution is 7.99. The lowest BCUT2D eigenvalue weighted by atomic mass is 10.1. The lowest BCUT2D eigenvalue weighted by Gasteiger charge is -2.29. The lowest BCUT2D eigenvalue weighted by molar-refractivity contribution is -0.120. The van der Waals surface area contributed by atoms with Crippen molar-refractivity contribution in [1.82, 2.24) is 4.90 Å². The van der Waals surface area contributed by atoms with Crippen molar-refractivity contribution in [3.63, 3.8) is 0 Å². The van der Waals surface area contributed by atoms with E-state index in [9.17, 15) is 4.79 Å². The van der Waals surface area contributed by atoms with Crippen LogP contribution in [-0.2, 0) is 4.79 Å². The van der Waals surface area contributed by atoms with E-state index in [1.165, 1.54) is 0 Å². The number of nitrogens with one attached hydrogen (secondary N) is 1. The third kappa shape index (κ3) is 3.97. The summed E-state index contributed by atoms with van der Waals surface area (Å²) in [6, 6.07) is 3.34.